The molecule has 0 aliphatic rings. The summed E-state index contributed by atoms with van der Waals surface area (Å²) in [4.78, 5) is 13.2. The Hall–Kier alpha value is -1.54. The largest absolute Gasteiger partial charge is 0.383 e. The molecule has 0 radical (unpaired) electrons. The zero-order valence-corrected chi connectivity index (χ0v) is 10.1. The fourth-order valence-corrected chi connectivity index (χ4v) is 1.16. The Bertz CT molecular complexity index is 404. The van der Waals surface area contributed by atoms with Gasteiger partial charge < -0.3 is 4.90 Å². The molecule has 0 aliphatic carbocycles. The van der Waals surface area contributed by atoms with E-state index in [1.165, 1.54) is 12.2 Å². The van der Waals surface area contributed by atoms with Crippen molar-refractivity contribution >= 4 is 23.5 Å². The lowest BCUT2D eigenvalue weighted by molar-refractivity contribution is -0.110. The molecule has 0 bridgehead atoms. The predicted molar refractivity (Wildman–Crippen MR) is 68.3 cm³/mol. The molecule has 0 saturated carbocycles. The van der Waals surface area contributed by atoms with Gasteiger partial charge in [-0.05, 0) is 23.8 Å². The normalized spacial score (nSPS) is 11.2. The number of halogens is 1. The Kier molecular flexibility index (Phi) is 4.80. The first kappa shape index (κ1) is 12.5. The molecule has 0 N–H and O–H groups in total. The van der Waals surface area contributed by atoms with Crippen molar-refractivity contribution in [2.24, 2.45) is 0 Å². The van der Waals surface area contributed by atoms with Crippen molar-refractivity contribution in [3.8, 4) is 0 Å². The van der Waals surface area contributed by atoms with Gasteiger partial charge in [-0.15, -0.1) is 0 Å². The third kappa shape index (κ3) is 4.80. The van der Waals surface area contributed by atoms with Gasteiger partial charge in [0.2, 0.25) is 0 Å². The summed E-state index contributed by atoms with van der Waals surface area (Å²) < 4.78 is 0. The highest BCUT2D eigenvalue weighted by Crippen LogP contribution is 2.10. The van der Waals surface area contributed by atoms with Crippen molar-refractivity contribution < 1.29 is 4.79 Å². The second-order valence-corrected chi connectivity index (χ2v) is 4.00. The Balaban J connectivity index is 2.60. The molecular weight excluding hydrogens is 222 g/mol. The number of hydrogen-bond donors (Lipinski definition) is 0. The molecule has 0 aliphatic heterocycles. The van der Waals surface area contributed by atoms with Crippen LogP contribution in [0.1, 0.15) is 5.56 Å². The van der Waals surface area contributed by atoms with Gasteiger partial charge in [-0.25, -0.2) is 0 Å². The van der Waals surface area contributed by atoms with Crippen LogP contribution in [-0.4, -0.2) is 24.8 Å². The molecule has 3 heteroatoms. The van der Waals surface area contributed by atoms with E-state index in [9.17, 15) is 4.79 Å². The number of nitrogens with zero attached hydrogens (tertiary/aromatic N) is 1. The number of carbonyl (C=O) groups excluding carboxylic acids is 1. The Labute approximate surface area is 101 Å². The lowest BCUT2D eigenvalue weighted by atomic mass is 10.2. The third-order valence-electron chi connectivity index (χ3n) is 1.85. The van der Waals surface area contributed by atoms with Crippen molar-refractivity contribution in [2.75, 3.05) is 14.1 Å². The maximum absolute atomic E-state index is 11.4. The van der Waals surface area contributed by atoms with Crippen molar-refractivity contribution in [2.45, 2.75) is 0 Å². The number of rotatable bonds is 4. The van der Waals surface area contributed by atoms with Crippen molar-refractivity contribution in [1.29, 1.82) is 0 Å². The SMILES string of the molecule is CN(C)/C=C/C(=O)C=Cc1ccc(Cl)cc1. The fraction of sp³-hybridized carbons (Fsp3) is 0.154. The maximum atomic E-state index is 11.4. The molecule has 0 heterocycles. The van der Waals surface area contributed by atoms with E-state index < -0.39 is 0 Å². The number of carbonyl (C=O) groups is 1. The minimum Gasteiger partial charge on any atom is -0.383 e. The molecule has 16 heavy (non-hydrogen) atoms. The Morgan fingerprint density at radius 1 is 1.19 bits per heavy atom. The summed E-state index contributed by atoms with van der Waals surface area (Å²) in [5.41, 5.74) is 0.955. The van der Waals surface area contributed by atoms with Gasteiger partial charge in [0.1, 0.15) is 0 Å². The van der Waals surface area contributed by atoms with E-state index in [0.29, 0.717) is 5.02 Å². The van der Waals surface area contributed by atoms with Crippen molar-refractivity contribution in [3.63, 3.8) is 0 Å². The lowest BCUT2D eigenvalue weighted by Gasteiger charge is -2.01. The number of ketones is 1. The van der Waals surface area contributed by atoms with Crippen molar-refractivity contribution in [3.05, 3.63) is 53.2 Å². The molecule has 84 valence electrons. The van der Waals surface area contributed by atoms with E-state index in [1.54, 1.807) is 24.4 Å². The van der Waals surface area contributed by atoms with Gasteiger partial charge >= 0.3 is 0 Å². The van der Waals surface area contributed by atoms with Gasteiger partial charge in [0.05, 0.1) is 0 Å². The Morgan fingerprint density at radius 2 is 1.81 bits per heavy atom. The van der Waals surface area contributed by atoms with Crippen LogP contribution in [-0.2, 0) is 4.79 Å². The summed E-state index contributed by atoms with van der Waals surface area (Å²) in [6, 6.07) is 7.31. The maximum Gasteiger partial charge on any atom is 0.180 e. The van der Waals surface area contributed by atoms with Crippen LogP contribution in [0.25, 0.3) is 6.08 Å². The van der Waals surface area contributed by atoms with Crippen LogP contribution in [0.3, 0.4) is 0 Å². The number of allylic oxidation sites excluding steroid dienone is 2. The van der Waals surface area contributed by atoms with Crippen LogP contribution in [0.2, 0.25) is 5.02 Å². The van der Waals surface area contributed by atoms with E-state index in [0.717, 1.165) is 5.56 Å². The number of benzene rings is 1. The van der Waals surface area contributed by atoms with E-state index >= 15 is 0 Å². The molecule has 0 unspecified atom stereocenters. The highest BCUT2D eigenvalue weighted by atomic mass is 35.5. The van der Waals surface area contributed by atoms with E-state index in [2.05, 4.69) is 0 Å². The first-order valence-electron chi connectivity index (χ1n) is 4.90. The molecule has 0 saturated heterocycles. The van der Waals surface area contributed by atoms with Gasteiger partial charge in [0.25, 0.3) is 0 Å². The first-order valence-corrected chi connectivity index (χ1v) is 5.28. The second kappa shape index (κ2) is 6.13. The molecule has 1 aromatic rings. The smallest absolute Gasteiger partial charge is 0.180 e. The van der Waals surface area contributed by atoms with Gasteiger partial charge in [0, 0.05) is 31.4 Å². The average molecular weight is 236 g/mol. The van der Waals surface area contributed by atoms with Crippen molar-refractivity contribution in [1.82, 2.24) is 4.90 Å². The van der Waals surface area contributed by atoms with Crippen LogP contribution in [0.4, 0.5) is 0 Å². The monoisotopic (exact) mass is 235 g/mol. The highest BCUT2D eigenvalue weighted by molar-refractivity contribution is 6.30. The van der Waals surface area contributed by atoms with Crippen LogP contribution >= 0.6 is 11.6 Å². The second-order valence-electron chi connectivity index (χ2n) is 3.57. The number of hydrogen-bond acceptors (Lipinski definition) is 2. The van der Waals surface area contributed by atoms with E-state index in [-0.39, 0.29) is 5.78 Å². The average Bonchev–Trinajstić information content (AvgIpc) is 2.25. The van der Waals surface area contributed by atoms with E-state index in [1.807, 2.05) is 31.1 Å². The molecule has 0 atom stereocenters. The van der Waals surface area contributed by atoms with Gasteiger partial charge in [-0.3, -0.25) is 4.79 Å². The van der Waals surface area contributed by atoms with Gasteiger partial charge in [-0.1, -0.05) is 29.8 Å². The predicted octanol–water partition coefficient (Wildman–Crippen LogP) is 3.00. The lowest BCUT2D eigenvalue weighted by Crippen LogP contribution is -2.01. The summed E-state index contributed by atoms with van der Waals surface area (Å²) >= 11 is 5.75. The summed E-state index contributed by atoms with van der Waals surface area (Å²) in [5, 5.41) is 0.691. The fourth-order valence-electron chi connectivity index (χ4n) is 1.03. The third-order valence-corrected chi connectivity index (χ3v) is 2.10. The zero-order chi connectivity index (χ0) is 12.0. The minimum absolute atomic E-state index is 0.0383. The molecule has 0 fully saturated rings. The summed E-state index contributed by atoms with van der Waals surface area (Å²) in [5.74, 6) is -0.0383. The minimum atomic E-state index is -0.0383. The Morgan fingerprint density at radius 3 is 2.38 bits per heavy atom. The first-order chi connectivity index (χ1) is 7.58. The molecular formula is C13H14ClNO. The topological polar surface area (TPSA) is 20.3 Å². The molecule has 0 amide bonds. The molecule has 2 nitrogen and oxygen atoms in total. The van der Waals surface area contributed by atoms with Crippen LogP contribution in [0.5, 0.6) is 0 Å². The van der Waals surface area contributed by atoms with Gasteiger partial charge in [0.15, 0.2) is 5.78 Å². The molecule has 1 aromatic carbocycles. The quantitative estimate of drug-likeness (QED) is 0.748. The van der Waals surface area contributed by atoms with Crippen LogP contribution in [0, 0.1) is 0 Å². The van der Waals surface area contributed by atoms with E-state index in [4.69, 9.17) is 11.6 Å². The van der Waals surface area contributed by atoms with Gasteiger partial charge in [-0.2, -0.15) is 0 Å². The highest BCUT2D eigenvalue weighted by Gasteiger charge is 1.91. The van der Waals surface area contributed by atoms with Crippen LogP contribution in [0.15, 0.2) is 42.6 Å². The molecule has 1 rings (SSSR count). The molecule has 0 aromatic heterocycles. The summed E-state index contributed by atoms with van der Waals surface area (Å²) in [7, 11) is 3.74. The van der Waals surface area contributed by atoms with Crippen LogP contribution < -0.4 is 0 Å². The summed E-state index contributed by atoms with van der Waals surface area (Å²) in [6.07, 6.45) is 6.53. The zero-order valence-electron chi connectivity index (χ0n) is 9.35. The summed E-state index contributed by atoms with van der Waals surface area (Å²) in [6.45, 7) is 0. The standard InChI is InChI=1S/C13H14ClNO/c1-15(2)10-9-13(16)8-5-11-3-6-12(14)7-4-11/h3-10H,1-2H3/b8-5?,10-9+. The molecule has 0 spiro atoms.